The highest BCUT2D eigenvalue weighted by molar-refractivity contribution is 5.34. The van der Waals surface area contributed by atoms with Gasteiger partial charge in [-0.15, -0.1) is 0 Å². The maximum atomic E-state index is 13.7. The number of hydrogen-bond donors (Lipinski definition) is 0. The fourth-order valence-corrected chi connectivity index (χ4v) is 5.86. The fraction of sp³-hybridized carbons (Fsp3) is 0.567. The monoisotopic (exact) mass is 448 g/mol. The molecular formula is C30H41FN2. The van der Waals surface area contributed by atoms with E-state index in [-0.39, 0.29) is 5.82 Å². The van der Waals surface area contributed by atoms with Crippen LogP contribution in [0.15, 0.2) is 54.6 Å². The van der Waals surface area contributed by atoms with Crippen LogP contribution in [-0.4, -0.2) is 24.0 Å². The van der Waals surface area contributed by atoms with Gasteiger partial charge in [0.25, 0.3) is 0 Å². The molecule has 3 heteroatoms. The highest BCUT2D eigenvalue weighted by Gasteiger charge is 2.41. The molecule has 0 aromatic heterocycles. The zero-order chi connectivity index (χ0) is 23.5. The fourth-order valence-electron chi connectivity index (χ4n) is 5.86. The minimum Gasteiger partial charge on any atom is -0.300 e. The molecule has 2 nitrogen and oxygen atoms in total. The Morgan fingerprint density at radius 3 is 2.30 bits per heavy atom. The third-order valence-corrected chi connectivity index (χ3v) is 7.76. The molecule has 0 saturated heterocycles. The van der Waals surface area contributed by atoms with E-state index in [1.54, 1.807) is 0 Å². The highest BCUT2D eigenvalue weighted by atomic mass is 19.1. The van der Waals surface area contributed by atoms with Gasteiger partial charge in [0.15, 0.2) is 0 Å². The maximum Gasteiger partial charge on any atom is 0.123 e. The summed E-state index contributed by atoms with van der Waals surface area (Å²) in [6.45, 7) is 6.67. The van der Waals surface area contributed by atoms with Gasteiger partial charge in [-0.3, -0.25) is 0 Å². The topological polar surface area (TPSA) is 27.0 Å². The van der Waals surface area contributed by atoms with Crippen molar-refractivity contribution in [2.24, 2.45) is 5.92 Å². The summed E-state index contributed by atoms with van der Waals surface area (Å²) in [5, 5.41) is 10.6. The molecule has 0 N–H and O–H groups in total. The SMILES string of the molecule is CCCN(CCc1ccccc1)C(CC)CCC(C#N)(c1ccc(F)cc1)C1CCCCC1. The lowest BCUT2D eigenvalue weighted by molar-refractivity contribution is 0.159. The normalized spacial score (nSPS) is 17.4. The summed E-state index contributed by atoms with van der Waals surface area (Å²) in [6.07, 6.45) is 11.0. The lowest BCUT2D eigenvalue weighted by Gasteiger charge is -2.40. The van der Waals surface area contributed by atoms with Crippen LogP contribution in [0.3, 0.4) is 0 Å². The molecule has 0 bridgehead atoms. The van der Waals surface area contributed by atoms with Gasteiger partial charge in [-0.1, -0.05) is 75.6 Å². The maximum absolute atomic E-state index is 13.7. The van der Waals surface area contributed by atoms with E-state index in [2.05, 4.69) is 55.1 Å². The van der Waals surface area contributed by atoms with E-state index >= 15 is 0 Å². The molecule has 0 amide bonds. The highest BCUT2D eigenvalue weighted by Crippen LogP contribution is 2.44. The van der Waals surface area contributed by atoms with Crippen LogP contribution in [0.25, 0.3) is 0 Å². The van der Waals surface area contributed by atoms with Crippen molar-refractivity contribution in [1.82, 2.24) is 4.90 Å². The van der Waals surface area contributed by atoms with Crippen LogP contribution < -0.4 is 0 Å². The van der Waals surface area contributed by atoms with Crippen molar-refractivity contribution >= 4 is 0 Å². The van der Waals surface area contributed by atoms with Crippen LogP contribution in [0.4, 0.5) is 4.39 Å². The van der Waals surface area contributed by atoms with Crippen molar-refractivity contribution in [1.29, 1.82) is 5.26 Å². The van der Waals surface area contributed by atoms with Gasteiger partial charge in [0.1, 0.15) is 5.82 Å². The average Bonchev–Trinajstić information content (AvgIpc) is 2.87. The van der Waals surface area contributed by atoms with Crippen LogP contribution in [-0.2, 0) is 11.8 Å². The molecular weight excluding hydrogens is 407 g/mol. The van der Waals surface area contributed by atoms with Crippen LogP contribution in [0, 0.1) is 23.1 Å². The van der Waals surface area contributed by atoms with Crippen LogP contribution in [0.5, 0.6) is 0 Å². The molecule has 2 unspecified atom stereocenters. The Hall–Kier alpha value is -2.18. The summed E-state index contributed by atoms with van der Waals surface area (Å²) >= 11 is 0. The van der Waals surface area contributed by atoms with Gasteiger partial charge in [0, 0.05) is 12.6 Å². The van der Waals surface area contributed by atoms with Crippen molar-refractivity contribution < 1.29 is 4.39 Å². The number of nitrogens with zero attached hydrogens (tertiary/aromatic N) is 2. The largest absolute Gasteiger partial charge is 0.300 e. The van der Waals surface area contributed by atoms with Gasteiger partial charge < -0.3 is 4.90 Å². The molecule has 2 atom stereocenters. The Bertz CT molecular complexity index is 851. The molecule has 0 spiro atoms. The second-order valence-electron chi connectivity index (χ2n) is 9.80. The Morgan fingerprint density at radius 1 is 1.00 bits per heavy atom. The second kappa shape index (κ2) is 12.9. The first-order valence-corrected chi connectivity index (χ1v) is 13.1. The predicted molar refractivity (Wildman–Crippen MR) is 136 cm³/mol. The molecule has 1 aliphatic carbocycles. The van der Waals surface area contributed by atoms with E-state index in [0.717, 1.165) is 63.6 Å². The standard InChI is InChI=1S/C30H41FN2/c1-3-22-33(23-20-25-11-7-5-8-12-25)29(4-2)19-21-30(24-32,26-13-9-6-10-14-26)27-15-17-28(31)18-16-27/h5,7-8,11-12,15-18,26,29H,3-4,6,9-10,13-14,19-23H2,1-2H3. The van der Waals surface area contributed by atoms with Crippen LogP contribution in [0.1, 0.15) is 82.8 Å². The quantitative estimate of drug-likeness (QED) is 0.333. The Morgan fingerprint density at radius 2 is 1.70 bits per heavy atom. The minimum atomic E-state index is -0.515. The molecule has 1 aliphatic rings. The molecule has 0 heterocycles. The van der Waals surface area contributed by atoms with Gasteiger partial charge in [0.2, 0.25) is 0 Å². The number of benzene rings is 2. The van der Waals surface area contributed by atoms with Gasteiger partial charge >= 0.3 is 0 Å². The minimum absolute atomic E-state index is 0.226. The molecule has 0 radical (unpaired) electrons. The van der Waals surface area contributed by atoms with Crippen LogP contribution in [0.2, 0.25) is 0 Å². The Kier molecular flexibility index (Phi) is 9.95. The number of nitriles is 1. The van der Waals surface area contributed by atoms with E-state index in [1.165, 1.54) is 37.0 Å². The summed E-state index contributed by atoms with van der Waals surface area (Å²) in [4.78, 5) is 2.64. The lowest BCUT2D eigenvalue weighted by atomic mass is 9.63. The smallest absolute Gasteiger partial charge is 0.123 e. The zero-order valence-electron chi connectivity index (χ0n) is 20.6. The lowest BCUT2D eigenvalue weighted by Crippen LogP contribution is -2.41. The van der Waals surface area contributed by atoms with Crippen molar-refractivity contribution in [2.75, 3.05) is 13.1 Å². The molecule has 1 fully saturated rings. The first kappa shape index (κ1) is 25.4. The Balaban J connectivity index is 1.78. The van der Waals surface area contributed by atoms with Gasteiger partial charge in [-0.05, 0) is 80.7 Å². The number of hydrogen-bond acceptors (Lipinski definition) is 2. The molecule has 178 valence electrons. The van der Waals surface area contributed by atoms with Crippen molar-refractivity contribution in [3.05, 3.63) is 71.5 Å². The van der Waals surface area contributed by atoms with Crippen molar-refractivity contribution in [3.63, 3.8) is 0 Å². The molecule has 0 aliphatic heterocycles. The van der Waals surface area contributed by atoms with Crippen LogP contribution >= 0.6 is 0 Å². The summed E-state index contributed by atoms with van der Waals surface area (Å²) in [5.41, 5.74) is 1.88. The van der Waals surface area contributed by atoms with E-state index < -0.39 is 5.41 Å². The molecule has 1 saturated carbocycles. The van der Waals surface area contributed by atoms with Gasteiger partial charge in [-0.2, -0.15) is 5.26 Å². The van der Waals surface area contributed by atoms with E-state index in [9.17, 15) is 9.65 Å². The number of halogens is 1. The second-order valence-corrected chi connectivity index (χ2v) is 9.80. The van der Waals surface area contributed by atoms with Gasteiger partial charge in [-0.25, -0.2) is 4.39 Å². The predicted octanol–water partition coefficient (Wildman–Crippen LogP) is 7.68. The summed E-state index contributed by atoms with van der Waals surface area (Å²) < 4.78 is 13.7. The Labute approximate surface area is 200 Å². The number of rotatable bonds is 12. The molecule has 3 rings (SSSR count). The molecule has 33 heavy (non-hydrogen) atoms. The third kappa shape index (κ3) is 6.67. The van der Waals surface area contributed by atoms with Crippen molar-refractivity contribution in [3.8, 4) is 6.07 Å². The first-order valence-electron chi connectivity index (χ1n) is 13.1. The van der Waals surface area contributed by atoms with E-state index in [4.69, 9.17) is 0 Å². The summed E-state index contributed by atoms with van der Waals surface area (Å²) in [5.74, 6) is 0.138. The molecule has 2 aromatic carbocycles. The van der Waals surface area contributed by atoms with E-state index in [1.807, 2.05) is 12.1 Å². The summed E-state index contributed by atoms with van der Waals surface area (Å²) in [7, 11) is 0. The van der Waals surface area contributed by atoms with Crippen molar-refractivity contribution in [2.45, 2.75) is 89.5 Å². The van der Waals surface area contributed by atoms with Gasteiger partial charge in [0.05, 0.1) is 11.5 Å². The molecule has 2 aromatic rings. The third-order valence-electron chi connectivity index (χ3n) is 7.76. The first-order chi connectivity index (χ1) is 16.1. The zero-order valence-corrected chi connectivity index (χ0v) is 20.6. The van der Waals surface area contributed by atoms with E-state index in [0.29, 0.717) is 12.0 Å². The average molecular weight is 449 g/mol. The summed E-state index contributed by atoms with van der Waals surface area (Å²) in [6, 6.07) is 20.8.